The molecule has 0 saturated heterocycles. The number of carbonyl (C=O) groups excluding carboxylic acids is 1. The maximum absolute atomic E-state index is 11.8. The van der Waals surface area contributed by atoms with Crippen molar-refractivity contribution in [2.75, 3.05) is 7.05 Å². The van der Waals surface area contributed by atoms with Gasteiger partial charge in [0, 0.05) is 7.05 Å². The second-order valence-corrected chi connectivity index (χ2v) is 4.42. The number of amides is 1. The third-order valence-electron chi connectivity index (χ3n) is 3.36. The van der Waals surface area contributed by atoms with Crippen LogP contribution in [0.15, 0.2) is 12.2 Å². The van der Waals surface area contributed by atoms with Crippen molar-refractivity contribution in [3.05, 3.63) is 12.2 Å². The molecule has 15 heavy (non-hydrogen) atoms. The van der Waals surface area contributed by atoms with Crippen LogP contribution in [0.3, 0.4) is 0 Å². The molecular weight excluding hydrogens is 186 g/mol. The largest absolute Gasteiger partial charge is 0.359 e. The van der Waals surface area contributed by atoms with Crippen molar-refractivity contribution in [3.63, 3.8) is 0 Å². The van der Waals surface area contributed by atoms with Gasteiger partial charge in [0.05, 0.1) is 5.92 Å². The van der Waals surface area contributed by atoms with E-state index in [4.69, 9.17) is 0 Å². The zero-order valence-electron chi connectivity index (χ0n) is 9.96. The van der Waals surface area contributed by atoms with Gasteiger partial charge in [-0.15, -0.1) is 0 Å². The summed E-state index contributed by atoms with van der Waals surface area (Å²) in [6.45, 7) is 1.99. The minimum Gasteiger partial charge on any atom is -0.359 e. The van der Waals surface area contributed by atoms with E-state index in [-0.39, 0.29) is 11.8 Å². The van der Waals surface area contributed by atoms with E-state index in [0.717, 1.165) is 0 Å². The number of carbonyl (C=O) groups is 1. The molecular formula is C13H23NO. The predicted octanol–water partition coefficient (Wildman–Crippen LogP) is 2.90. The van der Waals surface area contributed by atoms with Gasteiger partial charge in [0.2, 0.25) is 5.91 Å². The van der Waals surface area contributed by atoms with Crippen LogP contribution in [0.5, 0.6) is 0 Å². The van der Waals surface area contributed by atoms with Crippen molar-refractivity contribution >= 4 is 5.91 Å². The topological polar surface area (TPSA) is 29.1 Å². The Morgan fingerprint density at radius 2 is 1.87 bits per heavy atom. The average molecular weight is 209 g/mol. The van der Waals surface area contributed by atoms with Crippen LogP contribution in [0.2, 0.25) is 0 Å². The highest BCUT2D eigenvalue weighted by atomic mass is 16.1. The highest BCUT2D eigenvalue weighted by Gasteiger charge is 2.25. The Morgan fingerprint density at radius 3 is 2.33 bits per heavy atom. The van der Waals surface area contributed by atoms with Crippen LogP contribution in [0.25, 0.3) is 0 Å². The molecule has 0 aromatic carbocycles. The van der Waals surface area contributed by atoms with Gasteiger partial charge in [0.15, 0.2) is 0 Å². The highest BCUT2D eigenvalue weighted by Crippen LogP contribution is 2.29. The molecule has 0 bridgehead atoms. The molecule has 2 nitrogen and oxygen atoms in total. The van der Waals surface area contributed by atoms with E-state index in [1.54, 1.807) is 7.05 Å². The van der Waals surface area contributed by atoms with Crippen LogP contribution >= 0.6 is 0 Å². The quantitative estimate of drug-likeness (QED) is 0.562. The lowest BCUT2D eigenvalue weighted by Gasteiger charge is -2.21. The fraction of sp³-hybridized carbons (Fsp3) is 0.769. The predicted molar refractivity (Wildman–Crippen MR) is 63.6 cm³/mol. The molecule has 0 aromatic heterocycles. The van der Waals surface area contributed by atoms with Crippen molar-refractivity contribution in [3.8, 4) is 0 Å². The number of nitrogens with one attached hydrogen (secondary N) is 1. The van der Waals surface area contributed by atoms with Crippen LogP contribution in [0, 0.1) is 11.8 Å². The lowest BCUT2D eigenvalue weighted by atomic mass is 9.85. The van der Waals surface area contributed by atoms with Gasteiger partial charge in [0.1, 0.15) is 0 Å². The first-order valence-electron chi connectivity index (χ1n) is 6.14. The first kappa shape index (κ1) is 12.3. The van der Waals surface area contributed by atoms with Crippen LogP contribution in [-0.4, -0.2) is 13.0 Å². The van der Waals surface area contributed by atoms with Gasteiger partial charge in [-0.2, -0.15) is 0 Å². The molecule has 1 fully saturated rings. The SMILES string of the molecule is C/C=C/C(C(=O)NC)C1CCCCCC1. The number of hydrogen-bond donors (Lipinski definition) is 1. The van der Waals surface area contributed by atoms with Gasteiger partial charge in [-0.1, -0.05) is 37.8 Å². The fourth-order valence-corrected chi connectivity index (χ4v) is 2.50. The lowest BCUT2D eigenvalue weighted by Crippen LogP contribution is -2.31. The molecule has 0 aliphatic heterocycles. The second-order valence-electron chi connectivity index (χ2n) is 4.42. The Bertz CT molecular complexity index is 215. The molecule has 1 rings (SSSR count). The van der Waals surface area contributed by atoms with Gasteiger partial charge in [0.25, 0.3) is 0 Å². The fourth-order valence-electron chi connectivity index (χ4n) is 2.50. The van der Waals surface area contributed by atoms with Gasteiger partial charge >= 0.3 is 0 Å². The smallest absolute Gasteiger partial charge is 0.226 e. The van der Waals surface area contributed by atoms with E-state index in [2.05, 4.69) is 11.4 Å². The molecule has 1 amide bonds. The lowest BCUT2D eigenvalue weighted by molar-refractivity contribution is -0.124. The van der Waals surface area contributed by atoms with Gasteiger partial charge in [-0.25, -0.2) is 0 Å². The molecule has 2 heteroatoms. The summed E-state index contributed by atoms with van der Waals surface area (Å²) < 4.78 is 0. The summed E-state index contributed by atoms with van der Waals surface area (Å²) in [5.41, 5.74) is 0. The van der Waals surface area contributed by atoms with E-state index in [1.807, 2.05) is 13.0 Å². The van der Waals surface area contributed by atoms with E-state index in [9.17, 15) is 4.79 Å². The van der Waals surface area contributed by atoms with Gasteiger partial charge in [-0.05, 0) is 25.7 Å². The van der Waals surface area contributed by atoms with Crippen molar-refractivity contribution in [1.29, 1.82) is 0 Å². The molecule has 0 aromatic rings. The summed E-state index contributed by atoms with van der Waals surface area (Å²) in [5.74, 6) is 0.835. The second kappa shape index (κ2) is 6.65. The maximum Gasteiger partial charge on any atom is 0.226 e. The Balaban J connectivity index is 2.64. The first-order chi connectivity index (χ1) is 7.29. The molecule has 1 unspecified atom stereocenters. The van der Waals surface area contributed by atoms with Crippen LogP contribution in [0.4, 0.5) is 0 Å². The molecule has 1 aliphatic carbocycles. The Morgan fingerprint density at radius 1 is 1.27 bits per heavy atom. The molecule has 1 atom stereocenters. The van der Waals surface area contributed by atoms with E-state index < -0.39 is 0 Å². The van der Waals surface area contributed by atoms with E-state index in [1.165, 1.54) is 38.5 Å². The van der Waals surface area contributed by atoms with Crippen LogP contribution in [0.1, 0.15) is 45.4 Å². The molecule has 1 N–H and O–H groups in total. The van der Waals surface area contributed by atoms with Crippen LogP contribution in [-0.2, 0) is 4.79 Å². The Hall–Kier alpha value is -0.790. The maximum atomic E-state index is 11.8. The first-order valence-corrected chi connectivity index (χ1v) is 6.14. The minimum atomic E-state index is 0.0955. The highest BCUT2D eigenvalue weighted by molar-refractivity contribution is 5.80. The summed E-state index contributed by atoms with van der Waals surface area (Å²) in [6, 6.07) is 0. The summed E-state index contributed by atoms with van der Waals surface area (Å²) in [7, 11) is 1.73. The number of hydrogen-bond acceptors (Lipinski definition) is 1. The van der Waals surface area contributed by atoms with Gasteiger partial charge in [-0.3, -0.25) is 4.79 Å². The minimum absolute atomic E-state index is 0.0955. The molecule has 1 aliphatic rings. The molecule has 0 spiro atoms. The zero-order chi connectivity index (χ0) is 11.1. The van der Waals surface area contributed by atoms with E-state index >= 15 is 0 Å². The standard InChI is InChI=1S/C13H23NO/c1-3-8-12(13(15)14-2)11-9-6-4-5-7-10-11/h3,8,11-12H,4-7,9-10H2,1-2H3,(H,14,15)/b8-3+. The van der Waals surface area contributed by atoms with Crippen molar-refractivity contribution < 1.29 is 4.79 Å². The average Bonchev–Trinajstić information content (AvgIpc) is 2.53. The Labute approximate surface area is 93.1 Å². The number of rotatable bonds is 3. The molecule has 86 valence electrons. The summed E-state index contributed by atoms with van der Waals surface area (Å²) in [5, 5.41) is 2.78. The van der Waals surface area contributed by atoms with Crippen molar-refractivity contribution in [2.24, 2.45) is 11.8 Å². The third-order valence-corrected chi connectivity index (χ3v) is 3.36. The van der Waals surface area contributed by atoms with Gasteiger partial charge < -0.3 is 5.32 Å². The Kier molecular flexibility index (Phi) is 5.44. The summed E-state index contributed by atoms with van der Waals surface area (Å²) in [4.78, 5) is 11.8. The normalized spacial score (nSPS) is 21.2. The third kappa shape index (κ3) is 3.69. The summed E-state index contributed by atoms with van der Waals surface area (Å²) in [6.07, 6.45) is 11.7. The van der Waals surface area contributed by atoms with Crippen LogP contribution < -0.4 is 5.32 Å². The van der Waals surface area contributed by atoms with Crippen molar-refractivity contribution in [2.45, 2.75) is 45.4 Å². The molecule has 1 saturated carbocycles. The van der Waals surface area contributed by atoms with Crippen molar-refractivity contribution in [1.82, 2.24) is 5.32 Å². The summed E-state index contributed by atoms with van der Waals surface area (Å²) >= 11 is 0. The monoisotopic (exact) mass is 209 g/mol. The molecule has 0 radical (unpaired) electrons. The zero-order valence-corrected chi connectivity index (χ0v) is 9.96. The number of allylic oxidation sites excluding steroid dienone is 1. The van der Waals surface area contributed by atoms with E-state index in [0.29, 0.717) is 5.92 Å². The molecule has 0 heterocycles.